The summed E-state index contributed by atoms with van der Waals surface area (Å²) in [5.41, 5.74) is 2.32. The first-order valence-electron chi connectivity index (χ1n) is 8.63. The molecule has 1 saturated heterocycles. The van der Waals surface area contributed by atoms with Crippen LogP contribution in [0.15, 0.2) is 30.6 Å². The van der Waals surface area contributed by atoms with Gasteiger partial charge in [0.05, 0.1) is 11.8 Å². The van der Waals surface area contributed by atoms with Crippen LogP contribution in [0, 0.1) is 18.7 Å². The van der Waals surface area contributed by atoms with E-state index in [0.29, 0.717) is 17.0 Å². The summed E-state index contributed by atoms with van der Waals surface area (Å²) >= 11 is 0. The highest BCUT2D eigenvalue weighted by Crippen LogP contribution is 2.23. The zero-order valence-corrected chi connectivity index (χ0v) is 15.1. The van der Waals surface area contributed by atoms with Crippen molar-refractivity contribution in [1.29, 1.82) is 0 Å². The number of benzene rings is 1. The van der Waals surface area contributed by atoms with Crippen LogP contribution in [-0.4, -0.2) is 45.3 Å². The molecule has 1 atom stereocenters. The second kappa shape index (κ2) is 9.12. The van der Waals surface area contributed by atoms with Gasteiger partial charge in [0.2, 0.25) is 0 Å². The number of carboxylic acid groups (broad SMARTS) is 1. The fourth-order valence-electron chi connectivity index (χ4n) is 3.11. The summed E-state index contributed by atoms with van der Waals surface area (Å²) in [5.74, 6) is 0.282. The van der Waals surface area contributed by atoms with Crippen molar-refractivity contribution in [3.05, 3.63) is 53.1 Å². The van der Waals surface area contributed by atoms with Gasteiger partial charge in [-0.15, -0.1) is 0 Å². The second-order valence-electron chi connectivity index (χ2n) is 6.38. The molecule has 1 amide bonds. The van der Waals surface area contributed by atoms with E-state index < -0.39 is 0 Å². The zero-order valence-electron chi connectivity index (χ0n) is 15.1. The predicted molar refractivity (Wildman–Crippen MR) is 95.4 cm³/mol. The molecule has 1 aliphatic heterocycles. The molecule has 26 heavy (non-hydrogen) atoms. The average molecular weight is 361 g/mol. The Balaban J connectivity index is 0.000000758. The summed E-state index contributed by atoms with van der Waals surface area (Å²) in [5, 5.41) is 11.0. The van der Waals surface area contributed by atoms with E-state index in [1.807, 2.05) is 24.0 Å². The van der Waals surface area contributed by atoms with E-state index in [2.05, 4.69) is 5.10 Å². The van der Waals surface area contributed by atoms with Crippen molar-refractivity contribution in [2.75, 3.05) is 13.1 Å². The number of likely N-dealkylation sites (tertiary alicyclic amines) is 1. The molecule has 0 saturated carbocycles. The normalized spacial score (nSPS) is 16.1. The van der Waals surface area contributed by atoms with Crippen LogP contribution in [0.5, 0.6) is 0 Å². The van der Waals surface area contributed by atoms with Gasteiger partial charge in [-0.05, 0) is 49.8 Å². The fraction of sp³-hybridized carbons (Fsp3) is 0.421. The summed E-state index contributed by atoms with van der Waals surface area (Å²) in [6.07, 6.45) is 5.21. The molecule has 3 rings (SSSR count). The molecule has 1 aromatic heterocycles. The highest BCUT2D eigenvalue weighted by molar-refractivity contribution is 5.93. The van der Waals surface area contributed by atoms with Crippen molar-refractivity contribution < 1.29 is 19.1 Å². The molecule has 1 aliphatic rings. The van der Waals surface area contributed by atoms with Gasteiger partial charge in [0.15, 0.2) is 0 Å². The molecule has 1 aromatic carbocycles. The lowest BCUT2D eigenvalue weighted by atomic mass is 9.98. The smallest absolute Gasteiger partial charge is 0.290 e. The third-order valence-corrected chi connectivity index (χ3v) is 4.54. The first kappa shape index (κ1) is 19.6. The average Bonchev–Trinajstić information content (AvgIpc) is 3.28. The Morgan fingerprint density at radius 1 is 1.46 bits per heavy atom. The monoisotopic (exact) mass is 361 g/mol. The number of carbonyl (C=O) groups excluding carboxylic acids is 1. The number of aryl methyl sites for hydroxylation is 2. The Hall–Kier alpha value is -2.70. The SMILES string of the molecule is CCn1cc(C(=O)N2CCC(Cc3ccc(C)c(F)c3)C2)cn1.O=CO. The van der Waals surface area contributed by atoms with E-state index in [9.17, 15) is 9.18 Å². The summed E-state index contributed by atoms with van der Waals surface area (Å²) in [6.45, 7) is 5.76. The molecule has 2 heterocycles. The number of hydrogen-bond donors (Lipinski definition) is 1. The van der Waals surface area contributed by atoms with Crippen LogP contribution in [0.2, 0.25) is 0 Å². The molecule has 1 N–H and O–H groups in total. The van der Waals surface area contributed by atoms with Gasteiger partial charge in [0.1, 0.15) is 5.82 Å². The molecule has 2 aromatic rings. The lowest BCUT2D eigenvalue weighted by molar-refractivity contribution is -0.122. The van der Waals surface area contributed by atoms with Crippen molar-refractivity contribution in [3.8, 4) is 0 Å². The Morgan fingerprint density at radius 2 is 2.19 bits per heavy atom. The molecule has 7 heteroatoms. The summed E-state index contributed by atoms with van der Waals surface area (Å²) in [7, 11) is 0. The number of hydrogen-bond acceptors (Lipinski definition) is 3. The van der Waals surface area contributed by atoms with Crippen LogP contribution in [0.3, 0.4) is 0 Å². The van der Waals surface area contributed by atoms with Crippen LogP contribution < -0.4 is 0 Å². The van der Waals surface area contributed by atoms with Gasteiger partial charge >= 0.3 is 0 Å². The highest BCUT2D eigenvalue weighted by atomic mass is 19.1. The number of rotatable bonds is 4. The molecule has 1 unspecified atom stereocenters. The Bertz CT molecular complexity index is 760. The lowest BCUT2D eigenvalue weighted by Crippen LogP contribution is -2.28. The maximum absolute atomic E-state index is 13.6. The third-order valence-electron chi connectivity index (χ3n) is 4.54. The van der Waals surface area contributed by atoms with Crippen LogP contribution in [0.1, 0.15) is 34.8 Å². The Morgan fingerprint density at radius 3 is 2.81 bits per heavy atom. The Labute approximate surface area is 152 Å². The summed E-state index contributed by atoms with van der Waals surface area (Å²) in [6, 6.07) is 5.42. The number of nitrogens with zero attached hydrogens (tertiary/aromatic N) is 3. The number of amides is 1. The molecule has 0 aliphatic carbocycles. The minimum atomic E-state index is -0.250. The van der Waals surface area contributed by atoms with Crippen molar-refractivity contribution in [1.82, 2.24) is 14.7 Å². The van der Waals surface area contributed by atoms with Gasteiger partial charge in [-0.3, -0.25) is 14.3 Å². The second-order valence-corrected chi connectivity index (χ2v) is 6.38. The van der Waals surface area contributed by atoms with E-state index in [-0.39, 0.29) is 18.2 Å². The minimum Gasteiger partial charge on any atom is -0.483 e. The molecule has 0 bridgehead atoms. The van der Waals surface area contributed by atoms with Crippen molar-refractivity contribution in [2.45, 2.75) is 33.2 Å². The number of halogens is 1. The van der Waals surface area contributed by atoms with Crippen molar-refractivity contribution in [3.63, 3.8) is 0 Å². The fourth-order valence-corrected chi connectivity index (χ4v) is 3.11. The van der Waals surface area contributed by atoms with Gasteiger partial charge < -0.3 is 10.0 Å². The van der Waals surface area contributed by atoms with Crippen molar-refractivity contribution in [2.24, 2.45) is 5.92 Å². The molecule has 1 fully saturated rings. The summed E-state index contributed by atoms with van der Waals surface area (Å²) < 4.78 is 15.4. The number of aromatic nitrogens is 2. The summed E-state index contributed by atoms with van der Waals surface area (Å²) in [4.78, 5) is 22.7. The first-order chi connectivity index (χ1) is 12.5. The van der Waals surface area contributed by atoms with E-state index in [0.717, 1.165) is 38.0 Å². The van der Waals surface area contributed by atoms with Crippen LogP contribution in [0.4, 0.5) is 4.39 Å². The van der Waals surface area contributed by atoms with Gasteiger partial charge in [0, 0.05) is 25.8 Å². The maximum atomic E-state index is 13.6. The van der Waals surface area contributed by atoms with Crippen molar-refractivity contribution >= 4 is 12.4 Å². The minimum absolute atomic E-state index is 0.0438. The molecule has 6 nitrogen and oxygen atoms in total. The van der Waals surface area contributed by atoms with Gasteiger partial charge in [-0.25, -0.2) is 4.39 Å². The predicted octanol–water partition coefficient (Wildman–Crippen LogP) is 2.76. The molecular weight excluding hydrogens is 337 g/mol. The molecule has 0 spiro atoms. The van der Waals surface area contributed by atoms with E-state index in [4.69, 9.17) is 9.90 Å². The van der Waals surface area contributed by atoms with Crippen LogP contribution in [-0.2, 0) is 17.8 Å². The zero-order chi connectivity index (χ0) is 19.1. The van der Waals surface area contributed by atoms with E-state index >= 15 is 0 Å². The van der Waals surface area contributed by atoms with E-state index in [1.54, 1.807) is 30.1 Å². The topological polar surface area (TPSA) is 75.4 Å². The first-order valence-corrected chi connectivity index (χ1v) is 8.63. The van der Waals surface area contributed by atoms with Crippen LogP contribution in [0.25, 0.3) is 0 Å². The van der Waals surface area contributed by atoms with E-state index in [1.165, 1.54) is 0 Å². The standard InChI is InChI=1S/C18H22FN3O.CH2O2/c1-3-22-12-16(10-20-22)18(23)21-7-6-15(11-21)8-14-5-4-13(2)17(19)9-14;2-1-3/h4-5,9-10,12,15H,3,6-8,11H2,1-2H3;1H,(H,2,3). The van der Waals surface area contributed by atoms with Gasteiger partial charge in [0.25, 0.3) is 12.4 Å². The molecule has 0 radical (unpaired) electrons. The lowest BCUT2D eigenvalue weighted by Gasteiger charge is -2.15. The highest BCUT2D eigenvalue weighted by Gasteiger charge is 2.27. The Kier molecular flexibility index (Phi) is 6.89. The van der Waals surface area contributed by atoms with Gasteiger partial charge in [-0.1, -0.05) is 12.1 Å². The largest absolute Gasteiger partial charge is 0.483 e. The quantitative estimate of drug-likeness (QED) is 0.850. The number of carbonyl (C=O) groups is 2. The molecule has 140 valence electrons. The maximum Gasteiger partial charge on any atom is 0.290 e. The van der Waals surface area contributed by atoms with Gasteiger partial charge in [-0.2, -0.15) is 5.10 Å². The third kappa shape index (κ3) is 4.91. The molecular formula is C19H24FN3O3. The van der Waals surface area contributed by atoms with Crippen LogP contribution >= 0.6 is 0 Å².